The van der Waals surface area contributed by atoms with E-state index in [0.717, 1.165) is 50.4 Å². The van der Waals surface area contributed by atoms with Crippen LogP contribution in [0.5, 0.6) is 0 Å². The van der Waals surface area contributed by atoms with Crippen LogP contribution < -0.4 is 0 Å². The summed E-state index contributed by atoms with van der Waals surface area (Å²) < 4.78 is 12.3. The maximum Gasteiger partial charge on any atom is 0.167 e. The minimum Gasteiger partial charge on any atom is -0.383 e. The van der Waals surface area contributed by atoms with E-state index >= 15 is 0 Å². The molecule has 8 atom stereocenters. The van der Waals surface area contributed by atoms with Crippen molar-refractivity contribution in [3.8, 4) is 0 Å². The van der Waals surface area contributed by atoms with E-state index in [0.29, 0.717) is 23.0 Å². The van der Waals surface area contributed by atoms with Crippen molar-refractivity contribution in [3.63, 3.8) is 0 Å². The second-order valence-corrected chi connectivity index (χ2v) is 10.8. The molecule has 0 aromatic carbocycles. The van der Waals surface area contributed by atoms with E-state index in [-0.39, 0.29) is 23.2 Å². The maximum absolute atomic E-state index is 13.5. The Morgan fingerprint density at radius 1 is 1.26 bits per heavy atom. The number of ether oxygens (including phenoxy) is 2. The first-order chi connectivity index (χ1) is 13.0. The lowest BCUT2D eigenvalue weighted by Crippen LogP contribution is -2.81. The highest BCUT2D eigenvalue weighted by atomic mass is 16.5. The largest absolute Gasteiger partial charge is 0.383 e. The van der Waals surface area contributed by atoms with Crippen LogP contribution in [0.2, 0.25) is 0 Å². The van der Waals surface area contributed by atoms with Crippen LogP contribution in [0.4, 0.5) is 0 Å². The number of fused-ring (bicyclic) bond motifs is 2. The highest BCUT2D eigenvalue weighted by Gasteiger charge is 2.79. The van der Waals surface area contributed by atoms with Crippen LogP contribution in [0.25, 0.3) is 0 Å². The standard InChI is InChI=1S/C23H33NO3/c1-14-15-5-8-23(19(14)25)17(11-15)22-7-4-6-21(2)13-24(9-10-26-3)20(22)27-18(23)12-16(21)22/h15-18,20H,1,4-13H2,2-3H3/t15-,16?,17?,18+,20+,21-,22-,23?/m0/s1. The number of carbonyl (C=O) groups is 1. The third-order valence-electron chi connectivity index (χ3n) is 10.0. The van der Waals surface area contributed by atoms with E-state index < -0.39 is 0 Å². The van der Waals surface area contributed by atoms with Crippen molar-refractivity contribution >= 4 is 5.78 Å². The average Bonchev–Trinajstić information content (AvgIpc) is 2.67. The second-order valence-electron chi connectivity index (χ2n) is 10.8. The summed E-state index contributed by atoms with van der Waals surface area (Å²) in [6.07, 6.45) is 8.64. The van der Waals surface area contributed by atoms with Crippen LogP contribution >= 0.6 is 0 Å². The van der Waals surface area contributed by atoms with Gasteiger partial charge in [-0.15, -0.1) is 0 Å². The van der Waals surface area contributed by atoms with Gasteiger partial charge in [0.2, 0.25) is 0 Å². The van der Waals surface area contributed by atoms with E-state index in [1.54, 1.807) is 7.11 Å². The van der Waals surface area contributed by atoms with Gasteiger partial charge in [0.15, 0.2) is 5.78 Å². The number of likely N-dealkylation sites (tertiary alicyclic amines) is 1. The minimum absolute atomic E-state index is 0.104. The topological polar surface area (TPSA) is 38.8 Å². The predicted octanol–water partition coefficient (Wildman–Crippen LogP) is 3.41. The van der Waals surface area contributed by atoms with Crippen molar-refractivity contribution in [2.24, 2.45) is 34.0 Å². The van der Waals surface area contributed by atoms with Gasteiger partial charge in [-0.1, -0.05) is 19.9 Å². The second kappa shape index (κ2) is 5.25. The molecular formula is C23H33NO3. The SMILES string of the molecule is C=C1C(=O)C23CC[C@H]1CC2[C@@]12CCC[C@@]4(C)CN(CCOC)[C@@H]1O[C@@H]3CC42. The molecule has 5 aliphatic carbocycles. The summed E-state index contributed by atoms with van der Waals surface area (Å²) in [4.78, 5) is 16.1. The molecule has 8 aliphatic rings. The lowest BCUT2D eigenvalue weighted by atomic mass is 9.32. The van der Waals surface area contributed by atoms with Crippen molar-refractivity contribution in [2.45, 2.75) is 64.2 Å². The van der Waals surface area contributed by atoms with Gasteiger partial charge in [0.25, 0.3) is 0 Å². The van der Waals surface area contributed by atoms with Crippen LogP contribution in [0, 0.1) is 34.0 Å². The molecule has 3 saturated heterocycles. The zero-order valence-electron chi connectivity index (χ0n) is 16.8. The fourth-order valence-electron chi connectivity index (χ4n) is 9.14. The molecule has 3 aliphatic heterocycles. The van der Waals surface area contributed by atoms with Crippen LogP contribution in [0.3, 0.4) is 0 Å². The molecule has 0 amide bonds. The third kappa shape index (κ3) is 1.76. The number of Topliss-reactive ketones (excluding diaryl/α,β-unsaturated/α-hetero) is 1. The van der Waals surface area contributed by atoms with Gasteiger partial charge in [0.05, 0.1) is 18.1 Å². The van der Waals surface area contributed by atoms with Gasteiger partial charge in [-0.25, -0.2) is 0 Å². The zero-order valence-corrected chi connectivity index (χ0v) is 16.8. The van der Waals surface area contributed by atoms with E-state index in [1.165, 1.54) is 25.7 Å². The summed E-state index contributed by atoms with van der Waals surface area (Å²) in [5.74, 6) is 2.04. The first kappa shape index (κ1) is 17.2. The molecule has 0 N–H and O–H groups in total. The van der Waals surface area contributed by atoms with Gasteiger partial charge in [-0.2, -0.15) is 0 Å². The highest BCUT2D eigenvalue weighted by molar-refractivity contribution is 6.02. The molecule has 0 radical (unpaired) electrons. The molecule has 5 saturated carbocycles. The average molecular weight is 372 g/mol. The van der Waals surface area contributed by atoms with Crippen molar-refractivity contribution in [1.29, 1.82) is 0 Å². The molecule has 4 nitrogen and oxygen atoms in total. The predicted molar refractivity (Wildman–Crippen MR) is 102 cm³/mol. The number of piperidine rings is 1. The van der Waals surface area contributed by atoms with Crippen molar-refractivity contribution in [3.05, 3.63) is 12.2 Å². The molecule has 0 aromatic heterocycles. The lowest BCUT2D eigenvalue weighted by Gasteiger charge is -2.78. The fraction of sp³-hybridized carbons (Fsp3) is 0.870. The first-order valence-corrected chi connectivity index (χ1v) is 11.1. The Hall–Kier alpha value is -0.710. The molecule has 7 bridgehead atoms. The minimum atomic E-state index is -0.249. The molecule has 0 aromatic rings. The van der Waals surface area contributed by atoms with E-state index in [9.17, 15) is 4.79 Å². The van der Waals surface area contributed by atoms with Gasteiger partial charge < -0.3 is 9.47 Å². The smallest absolute Gasteiger partial charge is 0.167 e. The van der Waals surface area contributed by atoms with Gasteiger partial charge in [-0.3, -0.25) is 9.69 Å². The zero-order chi connectivity index (χ0) is 18.6. The van der Waals surface area contributed by atoms with Crippen molar-refractivity contribution in [2.75, 3.05) is 26.8 Å². The summed E-state index contributed by atoms with van der Waals surface area (Å²) >= 11 is 0. The third-order valence-corrected chi connectivity index (χ3v) is 10.0. The van der Waals surface area contributed by atoms with Crippen LogP contribution in [0.15, 0.2) is 12.2 Å². The Kier molecular flexibility index (Phi) is 3.34. The lowest BCUT2D eigenvalue weighted by molar-refractivity contribution is -0.384. The number of carbonyl (C=O) groups excluding carboxylic acids is 1. The van der Waals surface area contributed by atoms with Crippen molar-refractivity contribution < 1.29 is 14.3 Å². The molecule has 3 unspecified atom stereocenters. The summed E-state index contributed by atoms with van der Waals surface area (Å²) in [6.45, 7) is 9.60. The first-order valence-electron chi connectivity index (χ1n) is 11.1. The Balaban J connectivity index is 1.50. The van der Waals surface area contributed by atoms with Crippen LogP contribution in [-0.2, 0) is 14.3 Å². The summed E-state index contributed by atoms with van der Waals surface area (Å²) in [7, 11) is 1.79. The Morgan fingerprint density at radius 2 is 2.11 bits per heavy atom. The Morgan fingerprint density at radius 3 is 2.93 bits per heavy atom. The molecule has 8 fully saturated rings. The van der Waals surface area contributed by atoms with Gasteiger partial charge in [0.1, 0.15) is 6.23 Å². The molecule has 3 heterocycles. The normalized spacial score (nSPS) is 55.7. The van der Waals surface area contributed by atoms with E-state index in [1.807, 2.05) is 0 Å². The number of allylic oxidation sites excluding steroid dienone is 1. The number of rotatable bonds is 3. The summed E-state index contributed by atoms with van der Waals surface area (Å²) in [6, 6.07) is 0. The van der Waals surface area contributed by atoms with E-state index in [4.69, 9.17) is 9.47 Å². The Labute approximate surface area is 162 Å². The highest BCUT2D eigenvalue weighted by Crippen LogP contribution is 2.77. The molecule has 27 heavy (non-hydrogen) atoms. The van der Waals surface area contributed by atoms with Crippen LogP contribution in [0.1, 0.15) is 51.9 Å². The van der Waals surface area contributed by atoms with Gasteiger partial charge >= 0.3 is 0 Å². The molecule has 148 valence electrons. The number of hydrogen-bond donors (Lipinski definition) is 0. The number of hydrogen-bond acceptors (Lipinski definition) is 4. The number of methoxy groups -OCH3 is 1. The van der Waals surface area contributed by atoms with Gasteiger partial charge in [0, 0.05) is 25.6 Å². The number of ketones is 1. The maximum atomic E-state index is 13.5. The number of nitrogens with zero attached hydrogens (tertiary/aromatic N) is 1. The quantitative estimate of drug-likeness (QED) is 0.713. The van der Waals surface area contributed by atoms with Gasteiger partial charge in [-0.05, 0) is 67.3 Å². The molecule has 8 rings (SSSR count). The monoisotopic (exact) mass is 371 g/mol. The molecular weight excluding hydrogens is 338 g/mol. The Bertz CT molecular complexity index is 720. The summed E-state index contributed by atoms with van der Waals surface area (Å²) in [5, 5.41) is 0. The summed E-state index contributed by atoms with van der Waals surface area (Å²) in [5.41, 5.74) is 1.21. The molecule has 2 spiro atoms. The van der Waals surface area contributed by atoms with E-state index in [2.05, 4.69) is 18.4 Å². The van der Waals surface area contributed by atoms with Crippen molar-refractivity contribution in [1.82, 2.24) is 4.90 Å². The fourth-order valence-corrected chi connectivity index (χ4v) is 9.14. The van der Waals surface area contributed by atoms with Crippen LogP contribution in [-0.4, -0.2) is 49.8 Å². The molecule has 4 heteroatoms.